The van der Waals surface area contributed by atoms with Crippen LogP contribution in [-0.4, -0.2) is 81.1 Å². The van der Waals surface area contributed by atoms with Gasteiger partial charge in [-0.05, 0) is 18.6 Å². The zero-order valence-electron chi connectivity index (χ0n) is 17.8. The van der Waals surface area contributed by atoms with Crippen molar-refractivity contribution in [2.75, 3.05) is 6.61 Å². The number of aliphatic hydroxyl groups is 4. The molecule has 6 atom stereocenters. The molecule has 0 aromatic heterocycles. The van der Waals surface area contributed by atoms with E-state index >= 15 is 0 Å². The molecule has 33 heavy (non-hydrogen) atoms. The van der Waals surface area contributed by atoms with Crippen LogP contribution in [0.4, 0.5) is 0 Å². The molecular weight excluding hydrogens is 440 g/mol. The number of ether oxygens (including phenoxy) is 4. The molecule has 1 aromatic carbocycles. The molecule has 0 radical (unpaired) electrons. The van der Waals surface area contributed by atoms with Gasteiger partial charge in [0.05, 0.1) is 6.61 Å². The fourth-order valence-corrected chi connectivity index (χ4v) is 3.52. The summed E-state index contributed by atoms with van der Waals surface area (Å²) >= 11 is 0. The lowest BCUT2D eigenvalue weighted by Crippen LogP contribution is -2.61. The van der Waals surface area contributed by atoms with Crippen LogP contribution in [-0.2, 0) is 35.2 Å². The van der Waals surface area contributed by atoms with Crippen molar-refractivity contribution in [3.8, 4) is 5.75 Å². The standard InChI is InChI=1S/C22H26O11/c1-12(24)31-19-18(27)17(26)15(10-23)33-20(19)32-14-7-3-2-6-13(14)11-30-21(28)22(29)9-5-4-8-16(22)25/h2-3,5-7,9,15,17-20,23,26-27,29H,4,8,10-11H2,1H3/t15-,17-,18+,19-,20-,22-/m1/s1. The molecular formula is C22H26O11. The number of hydrogen-bond acceptors (Lipinski definition) is 11. The Morgan fingerprint density at radius 3 is 2.61 bits per heavy atom. The quantitative estimate of drug-likeness (QED) is 0.224. The smallest absolute Gasteiger partial charge is 0.350 e. The maximum absolute atomic E-state index is 12.4. The molecule has 0 amide bonds. The highest BCUT2D eigenvalue weighted by Crippen LogP contribution is 2.29. The van der Waals surface area contributed by atoms with Crippen LogP contribution in [0.3, 0.4) is 0 Å². The lowest BCUT2D eigenvalue weighted by atomic mass is 9.90. The second-order valence-electron chi connectivity index (χ2n) is 7.71. The Bertz CT molecular complexity index is 913. The van der Waals surface area contributed by atoms with Crippen molar-refractivity contribution < 1.29 is 53.8 Å². The van der Waals surface area contributed by atoms with Crippen molar-refractivity contribution in [2.24, 2.45) is 0 Å². The Kier molecular flexibility index (Phi) is 7.82. The number of rotatable bonds is 7. The first-order valence-corrected chi connectivity index (χ1v) is 10.3. The average molecular weight is 466 g/mol. The number of aliphatic hydroxyl groups excluding tert-OH is 3. The maximum Gasteiger partial charge on any atom is 0.350 e. The third-order valence-electron chi connectivity index (χ3n) is 5.33. The first-order valence-electron chi connectivity index (χ1n) is 10.3. The molecule has 2 aliphatic rings. The zero-order valence-corrected chi connectivity index (χ0v) is 17.8. The van der Waals surface area contributed by atoms with Crippen LogP contribution >= 0.6 is 0 Å². The van der Waals surface area contributed by atoms with Gasteiger partial charge in [-0.2, -0.15) is 0 Å². The molecule has 1 saturated heterocycles. The number of allylic oxidation sites excluding steroid dienone is 1. The molecule has 1 aromatic rings. The minimum atomic E-state index is -2.35. The van der Waals surface area contributed by atoms with Crippen molar-refractivity contribution >= 4 is 17.7 Å². The van der Waals surface area contributed by atoms with E-state index in [9.17, 15) is 34.8 Å². The Hall–Kier alpha value is -2.83. The highest BCUT2D eigenvalue weighted by Gasteiger charge is 2.48. The van der Waals surface area contributed by atoms with E-state index < -0.39 is 60.6 Å². The number of para-hydroxylation sites is 1. The molecule has 0 spiro atoms. The molecule has 1 heterocycles. The summed E-state index contributed by atoms with van der Waals surface area (Å²) in [5.74, 6) is -2.44. The van der Waals surface area contributed by atoms with Crippen molar-refractivity contribution in [1.29, 1.82) is 0 Å². The lowest BCUT2D eigenvalue weighted by molar-refractivity contribution is -0.282. The van der Waals surface area contributed by atoms with Gasteiger partial charge in [0, 0.05) is 18.9 Å². The second kappa shape index (κ2) is 10.4. The van der Waals surface area contributed by atoms with Crippen molar-refractivity contribution in [3.63, 3.8) is 0 Å². The van der Waals surface area contributed by atoms with Crippen molar-refractivity contribution in [1.82, 2.24) is 0 Å². The zero-order chi connectivity index (χ0) is 24.2. The molecule has 0 unspecified atom stereocenters. The van der Waals surface area contributed by atoms with Crippen LogP contribution in [0, 0.1) is 0 Å². The highest BCUT2D eigenvalue weighted by atomic mass is 16.7. The molecule has 0 bridgehead atoms. The normalized spacial score (nSPS) is 31.7. The number of benzene rings is 1. The summed E-state index contributed by atoms with van der Waals surface area (Å²) in [6, 6.07) is 6.25. The van der Waals surface area contributed by atoms with Gasteiger partial charge in [-0.15, -0.1) is 0 Å². The van der Waals surface area contributed by atoms with E-state index in [0.29, 0.717) is 12.0 Å². The van der Waals surface area contributed by atoms with Crippen molar-refractivity contribution in [2.45, 2.75) is 62.7 Å². The van der Waals surface area contributed by atoms with Gasteiger partial charge in [-0.1, -0.05) is 24.3 Å². The first kappa shape index (κ1) is 24.8. The minimum Gasteiger partial charge on any atom is -0.460 e. The first-order chi connectivity index (χ1) is 15.7. The van der Waals surface area contributed by atoms with Crippen molar-refractivity contribution in [3.05, 3.63) is 42.0 Å². The number of Topliss-reactive ketones (excluding diaryl/α,β-unsaturated/α-hetero) is 1. The summed E-state index contributed by atoms with van der Waals surface area (Å²) in [4.78, 5) is 35.8. The molecule has 180 valence electrons. The summed E-state index contributed by atoms with van der Waals surface area (Å²) in [6.45, 7) is 0.0929. The number of carbonyl (C=O) groups is 3. The predicted octanol–water partition coefficient (Wildman–Crippen LogP) is -0.870. The van der Waals surface area contributed by atoms with Gasteiger partial charge in [0.2, 0.25) is 11.9 Å². The van der Waals surface area contributed by atoms with Gasteiger partial charge in [0.1, 0.15) is 30.7 Å². The fraction of sp³-hybridized carbons (Fsp3) is 0.500. The van der Waals surface area contributed by atoms with Gasteiger partial charge in [-0.3, -0.25) is 9.59 Å². The van der Waals surface area contributed by atoms with Crippen LogP contribution in [0.2, 0.25) is 0 Å². The molecule has 11 heteroatoms. The molecule has 1 fully saturated rings. The number of ketones is 1. The van der Waals surface area contributed by atoms with Gasteiger partial charge in [-0.25, -0.2) is 4.79 Å². The summed E-state index contributed by atoms with van der Waals surface area (Å²) in [7, 11) is 0. The van der Waals surface area contributed by atoms with Crippen LogP contribution in [0.5, 0.6) is 5.75 Å². The Labute approximate surface area is 189 Å². The second-order valence-corrected chi connectivity index (χ2v) is 7.71. The van der Waals surface area contributed by atoms with Gasteiger partial charge in [0.25, 0.3) is 0 Å². The number of esters is 2. The topological polar surface area (TPSA) is 169 Å². The molecule has 0 saturated carbocycles. The predicted molar refractivity (Wildman–Crippen MR) is 109 cm³/mol. The van der Waals surface area contributed by atoms with E-state index in [0.717, 1.165) is 13.0 Å². The van der Waals surface area contributed by atoms with Gasteiger partial charge in [0.15, 0.2) is 11.9 Å². The Morgan fingerprint density at radius 2 is 1.94 bits per heavy atom. The molecule has 4 N–H and O–H groups in total. The molecule has 3 rings (SSSR count). The summed E-state index contributed by atoms with van der Waals surface area (Å²) in [6.07, 6.45) is -4.11. The number of carbonyl (C=O) groups excluding carboxylic acids is 3. The Morgan fingerprint density at radius 1 is 1.21 bits per heavy atom. The fourth-order valence-electron chi connectivity index (χ4n) is 3.52. The molecule has 11 nitrogen and oxygen atoms in total. The SMILES string of the molecule is CC(=O)O[C@H]1[C@H](Oc2ccccc2COC(=O)[C@@]2(O)C=CCCC2=O)O[C@H](CO)[C@@H](O)[C@@H]1O. The summed E-state index contributed by atoms with van der Waals surface area (Å²) < 4.78 is 21.4. The number of hydrogen-bond donors (Lipinski definition) is 4. The third-order valence-corrected chi connectivity index (χ3v) is 5.33. The average Bonchev–Trinajstić information content (AvgIpc) is 2.79. The molecule has 1 aliphatic heterocycles. The van der Waals surface area contributed by atoms with Crippen LogP contribution in [0.15, 0.2) is 36.4 Å². The van der Waals surface area contributed by atoms with Crippen LogP contribution in [0.1, 0.15) is 25.3 Å². The lowest BCUT2D eigenvalue weighted by Gasteiger charge is -2.41. The van der Waals surface area contributed by atoms with E-state index in [1.165, 1.54) is 12.1 Å². The Balaban J connectivity index is 1.76. The van der Waals surface area contributed by atoms with Crippen LogP contribution in [0.25, 0.3) is 0 Å². The van der Waals surface area contributed by atoms with Gasteiger partial charge >= 0.3 is 11.9 Å². The van der Waals surface area contributed by atoms with E-state index in [-0.39, 0.29) is 18.8 Å². The third kappa shape index (κ3) is 5.40. The van der Waals surface area contributed by atoms with E-state index in [4.69, 9.17) is 18.9 Å². The van der Waals surface area contributed by atoms with Crippen LogP contribution < -0.4 is 4.74 Å². The monoisotopic (exact) mass is 466 g/mol. The van der Waals surface area contributed by atoms with E-state index in [2.05, 4.69) is 0 Å². The summed E-state index contributed by atoms with van der Waals surface area (Å²) in [5.41, 5.74) is -2.04. The largest absolute Gasteiger partial charge is 0.460 e. The maximum atomic E-state index is 12.4. The van der Waals surface area contributed by atoms with Gasteiger partial charge < -0.3 is 39.4 Å². The van der Waals surface area contributed by atoms with E-state index in [1.54, 1.807) is 18.2 Å². The minimum absolute atomic E-state index is 0.0125. The highest BCUT2D eigenvalue weighted by molar-refractivity contribution is 6.09. The van der Waals surface area contributed by atoms with E-state index in [1.807, 2.05) is 0 Å². The summed E-state index contributed by atoms with van der Waals surface area (Å²) in [5, 5.41) is 40.2. The molecule has 1 aliphatic carbocycles.